The summed E-state index contributed by atoms with van der Waals surface area (Å²) in [5.74, 6) is -1.78. The number of hydrogen-bond donors (Lipinski definition) is 3. The Labute approximate surface area is 123 Å². The second kappa shape index (κ2) is 5.63. The molecule has 0 unspecified atom stereocenters. The van der Waals surface area contributed by atoms with Crippen molar-refractivity contribution in [2.45, 2.75) is 29.8 Å². The summed E-state index contributed by atoms with van der Waals surface area (Å²) in [4.78, 5) is 21.9. The molecule has 0 spiro atoms. The molecule has 116 valence electrons. The zero-order valence-electron chi connectivity index (χ0n) is 10.8. The minimum atomic E-state index is -4.19. The third kappa shape index (κ3) is 3.18. The van der Waals surface area contributed by atoms with Crippen LogP contribution in [0.25, 0.3) is 0 Å². The van der Waals surface area contributed by atoms with E-state index >= 15 is 0 Å². The second-order valence-corrected chi connectivity index (χ2v) is 7.41. The summed E-state index contributed by atoms with van der Waals surface area (Å²) < 4.78 is 24.9. The summed E-state index contributed by atoms with van der Waals surface area (Å²) >= 11 is 0.612. The molecule has 0 aliphatic carbocycles. The van der Waals surface area contributed by atoms with Crippen molar-refractivity contribution >= 4 is 38.4 Å². The molecule has 1 aliphatic rings. The van der Waals surface area contributed by atoms with Gasteiger partial charge in [-0.25, -0.2) is 8.42 Å². The number of aliphatic hydroxyl groups excluding tert-OH is 1. The Bertz CT molecular complexity index is 672. The largest absolute Gasteiger partial charge is 0.480 e. The predicted molar refractivity (Wildman–Crippen MR) is 70.2 cm³/mol. The number of anilines is 1. The van der Waals surface area contributed by atoms with Crippen LogP contribution in [0.15, 0.2) is 4.34 Å². The predicted octanol–water partition coefficient (Wildman–Crippen LogP) is -1.29. The lowest BCUT2D eigenvalue weighted by atomic mass is 10.2. The molecule has 3 N–H and O–H groups in total. The zero-order chi connectivity index (χ0) is 15.8. The maximum atomic E-state index is 12.3. The molecule has 1 amide bonds. The summed E-state index contributed by atoms with van der Waals surface area (Å²) in [6.45, 7) is 0.904. The van der Waals surface area contributed by atoms with Crippen molar-refractivity contribution in [2.24, 2.45) is 0 Å². The highest BCUT2D eigenvalue weighted by Crippen LogP contribution is 2.29. The number of aliphatic carboxylic acids is 1. The first kappa shape index (κ1) is 15.8. The van der Waals surface area contributed by atoms with E-state index in [-0.39, 0.29) is 18.1 Å². The quantitative estimate of drug-likeness (QED) is 0.574. The molecule has 1 fully saturated rings. The molecule has 2 heterocycles. The number of sulfonamides is 1. The number of aromatic nitrogens is 2. The average Bonchev–Trinajstić information content (AvgIpc) is 2.95. The Balaban J connectivity index is 2.30. The van der Waals surface area contributed by atoms with Gasteiger partial charge in [0.15, 0.2) is 0 Å². The van der Waals surface area contributed by atoms with Crippen molar-refractivity contribution in [3.8, 4) is 0 Å². The Morgan fingerprint density at radius 3 is 2.67 bits per heavy atom. The number of carboxylic acid groups (broad SMARTS) is 1. The van der Waals surface area contributed by atoms with Crippen LogP contribution in [0, 0.1) is 0 Å². The Hall–Kier alpha value is -1.63. The van der Waals surface area contributed by atoms with Crippen LogP contribution in [-0.4, -0.2) is 63.7 Å². The number of carbonyl (C=O) groups excluding carboxylic acids is 1. The van der Waals surface area contributed by atoms with Crippen molar-refractivity contribution in [3.63, 3.8) is 0 Å². The molecular weight excluding hydrogens is 324 g/mol. The SMILES string of the molecule is CC(=O)Nc1nnc(S(=O)(=O)N2C[C@H](O)C[C@@H]2C(=O)O)s1. The number of hydrogen-bond acceptors (Lipinski definition) is 8. The van der Waals surface area contributed by atoms with E-state index in [1.165, 1.54) is 6.92 Å². The first-order chi connectivity index (χ1) is 9.71. The fourth-order valence-electron chi connectivity index (χ4n) is 1.89. The maximum absolute atomic E-state index is 12.3. The average molecular weight is 336 g/mol. The number of amides is 1. The van der Waals surface area contributed by atoms with Crippen LogP contribution < -0.4 is 5.32 Å². The van der Waals surface area contributed by atoms with Crippen molar-refractivity contribution in [1.82, 2.24) is 14.5 Å². The van der Waals surface area contributed by atoms with Gasteiger partial charge in [0.05, 0.1) is 6.10 Å². The van der Waals surface area contributed by atoms with E-state index in [0.29, 0.717) is 15.6 Å². The summed E-state index contributed by atoms with van der Waals surface area (Å²) in [5.41, 5.74) is 0. The molecule has 1 aliphatic heterocycles. The number of β-amino-alcohol motifs (C(OH)–C–C–N with tert-alkyl or cyclic N) is 1. The van der Waals surface area contributed by atoms with Gasteiger partial charge in [0, 0.05) is 19.9 Å². The fourth-order valence-corrected chi connectivity index (χ4v) is 4.58. The molecule has 2 atom stereocenters. The monoisotopic (exact) mass is 336 g/mol. The molecule has 0 radical (unpaired) electrons. The molecule has 21 heavy (non-hydrogen) atoms. The highest BCUT2D eigenvalue weighted by Gasteiger charge is 2.45. The molecule has 1 saturated heterocycles. The van der Waals surface area contributed by atoms with E-state index < -0.39 is 38.4 Å². The highest BCUT2D eigenvalue weighted by atomic mass is 32.2. The van der Waals surface area contributed by atoms with Crippen LogP contribution in [0.4, 0.5) is 5.13 Å². The smallest absolute Gasteiger partial charge is 0.322 e. The van der Waals surface area contributed by atoms with Gasteiger partial charge >= 0.3 is 5.97 Å². The third-order valence-electron chi connectivity index (χ3n) is 2.74. The van der Waals surface area contributed by atoms with Gasteiger partial charge in [-0.3, -0.25) is 9.59 Å². The lowest BCUT2D eigenvalue weighted by Crippen LogP contribution is -2.40. The van der Waals surface area contributed by atoms with E-state index in [2.05, 4.69) is 15.5 Å². The Kier molecular flexibility index (Phi) is 4.22. The number of nitrogens with one attached hydrogen (secondary N) is 1. The Morgan fingerprint density at radius 2 is 2.10 bits per heavy atom. The summed E-state index contributed by atoms with van der Waals surface area (Å²) in [6, 6.07) is -1.35. The van der Waals surface area contributed by atoms with Crippen LogP contribution >= 0.6 is 11.3 Å². The number of carboxylic acids is 1. The van der Waals surface area contributed by atoms with Crippen molar-refractivity contribution in [3.05, 3.63) is 0 Å². The highest BCUT2D eigenvalue weighted by molar-refractivity contribution is 7.91. The van der Waals surface area contributed by atoms with Crippen LogP contribution in [0.1, 0.15) is 13.3 Å². The third-order valence-corrected chi connectivity index (χ3v) is 5.80. The minimum Gasteiger partial charge on any atom is -0.480 e. The molecule has 2 rings (SSSR count). The van der Waals surface area contributed by atoms with E-state index in [4.69, 9.17) is 5.11 Å². The lowest BCUT2D eigenvalue weighted by Gasteiger charge is -2.18. The normalized spacial score (nSPS) is 23.1. The van der Waals surface area contributed by atoms with Crippen molar-refractivity contribution in [1.29, 1.82) is 0 Å². The van der Waals surface area contributed by atoms with Gasteiger partial charge in [-0.2, -0.15) is 4.31 Å². The first-order valence-corrected chi connectivity index (χ1v) is 8.01. The van der Waals surface area contributed by atoms with Gasteiger partial charge in [-0.15, -0.1) is 10.2 Å². The number of rotatable bonds is 4. The molecule has 0 bridgehead atoms. The number of carbonyl (C=O) groups is 2. The summed E-state index contributed by atoms with van der Waals surface area (Å²) in [6.07, 6.45) is -1.24. The Morgan fingerprint density at radius 1 is 1.43 bits per heavy atom. The molecule has 10 nitrogen and oxygen atoms in total. The van der Waals surface area contributed by atoms with Crippen LogP contribution in [-0.2, 0) is 19.6 Å². The lowest BCUT2D eigenvalue weighted by molar-refractivity contribution is -0.140. The number of aliphatic hydroxyl groups is 1. The summed E-state index contributed by atoms with van der Waals surface area (Å²) in [7, 11) is -4.19. The van der Waals surface area contributed by atoms with E-state index in [9.17, 15) is 23.1 Å². The molecule has 1 aromatic heterocycles. The van der Waals surface area contributed by atoms with Crippen molar-refractivity contribution < 1.29 is 28.2 Å². The van der Waals surface area contributed by atoms with Gasteiger partial charge in [-0.1, -0.05) is 11.3 Å². The standard InChI is InChI=1S/C9H12N4O6S2/c1-4(14)10-8-11-12-9(20-8)21(18,19)13-3-5(15)2-6(13)7(16)17/h5-6,15H,2-3H2,1H3,(H,16,17)(H,10,11,14)/t5-,6-/m1/s1. The van der Waals surface area contributed by atoms with Gasteiger partial charge in [-0.05, 0) is 0 Å². The fraction of sp³-hybridized carbons (Fsp3) is 0.556. The molecular formula is C9H12N4O6S2. The van der Waals surface area contributed by atoms with Crippen molar-refractivity contribution in [2.75, 3.05) is 11.9 Å². The molecule has 12 heteroatoms. The topological polar surface area (TPSA) is 150 Å². The van der Waals surface area contributed by atoms with Crippen LogP contribution in [0.3, 0.4) is 0 Å². The van der Waals surface area contributed by atoms with Crippen LogP contribution in [0.2, 0.25) is 0 Å². The van der Waals surface area contributed by atoms with E-state index in [0.717, 1.165) is 0 Å². The minimum absolute atomic E-state index is 0.00676. The van der Waals surface area contributed by atoms with Crippen LogP contribution in [0.5, 0.6) is 0 Å². The first-order valence-electron chi connectivity index (χ1n) is 5.75. The van der Waals surface area contributed by atoms with E-state index in [1.807, 2.05) is 0 Å². The molecule has 0 aromatic carbocycles. The molecule has 0 saturated carbocycles. The van der Waals surface area contributed by atoms with Gasteiger partial charge in [0.2, 0.25) is 15.4 Å². The molecule has 1 aromatic rings. The van der Waals surface area contributed by atoms with Gasteiger partial charge in [0.25, 0.3) is 10.0 Å². The van der Waals surface area contributed by atoms with Gasteiger partial charge < -0.3 is 15.5 Å². The van der Waals surface area contributed by atoms with Gasteiger partial charge in [0.1, 0.15) is 6.04 Å². The second-order valence-electron chi connectivity index (χ2n) is 4.37. The van der Waals surface area contributed by atoms with E-state index in [1.54, 1.807) is 0 Å². The maximum Gasteiger partial charge on any atom is 0.322 e. The summed E-state index contributed by atoms with van der Waals surface area (Å²) in [5, 5.41) is 27.8. The zero-order valence-corrected chi connectivity index (χ0v) is 12.4. The number of nitrogens with zero attached hydrogens (tertiary/aromatic N) is 3.